The third-order valence-electron chi connectivity index (χ3n) is 1.91. The molecule has 0 spiro atoms. The molecule has 0 fully saturated rings. The van der Waals surface area contributed by atoms with Crippen LogP contribution in [0.4, 0.5) is 13.2 Å². The molecule has 1 nitrogen and oxygen atoms in total. The number of carbonyl (C=O) groups is 1. The standard InChI is InChI=1S/C10H17F3OS/c1-2-9(14)15-8-4-6-10(12,13)5-3-7-11/h2-8H2,1H3. The van der Waals surface area contributed by atoms with Crippen LogP contribution < -0.4 is 0 Å². The molecule has 0 unspecified atom stereocenters. The molecule has 0 aromatic rings. The van der Waals surface area contributed by atoms with Crippen molar-refractivity contribution in [1.82, 2.24) is 0 Å². The number of thioether (sulfide) groups is 1. The van der Waals surface area contributed by atoms with Gasteiger partial charge in [0.15, 0.2) is 5.12 Å². The van der Waals surface area contributed by atoms with Crippen LogP contribution >= 0.6 is 11.8 Å². The van der Waals surface area contributed by atoms with E-state index in [0.29, 0.717) is 18.6 Å². The Bertz CT molecular complexity index is 186. The summed E-state index contributed by atoms with van der Waals surface area (Å²) in [5.74, 6) is -2.35. The van der Waals surface area contributed by atoms with E-state index < -0.39 is 19.0 Å². The molecule has 0 bridgehead atoms. The predicted octanol–water partition coefficient (Wildman–Crippen LogP) is 3.82. The third-order valence-corrected chi connectivity index (χ3v) is 3.02. The highest BCUT2D eigenvalue weighted by Crippen LogP contribution is 2.27. The Balaban J connectivity index is 3.52. The van der Waals surface area contributed by atoms with Gasteiger partial charge in [-0.05, 0) is 12.8 Å². The van der Waals surface area contributed by atoms with E-state index >= 15 is 0 Å². The van der Waals surface area contributed by atoms with Crippen LogP contribution in [-0.2, 0) is 4.79 Å². The average Bonchev–Trinajstić information content (AvgIpc) is 2.21. The summed E-state index contributed by atoms with van der Waals surface area (Å²) in [6.07, 6.45) is -0.000474. The fourth-order valence-corrected chi connectivity index (χ4v) is 1.79. The molecule has 0 rings (SSSR count). The largest absolute Gasteiger partial charge is 0.287 e. The number of hydrogen-bond acceptors (Lipinski definition) is 2. The minimum atomic E-state index is -2.78. The molecule has 5 heteroatoms. The number of halogens is 3. The minimum absolute atomic E-state index is 0.0297. The van der Waals surface area contributed by atoms with E-state index in [4.69, 9.17) is 0 Å². The van der Waals surface area contributed by atoms with E-state index in [2.05, 4.69) is 0 Å². The van der Waals surface area contributed by atoms with Crippen molar-refractivity contribution in [3.63, 3.8) is 0 Å². The Morgan fingerprint density at radius 1 is 1.27 bits per heavy atom. The van der Waals surface area contributed by atoms with Crippen LogP contribution in [0.3, 0.4) is 0 Å². The molecule has 0 aromatic heterocycles. The van der Waals surface area contributed by atoms with E-state index in [1.165, 1.54) is 0 Å². The molecule has 0 saturated heterocycles. The zero-order valence-corrected chi connectivity index (χ0v) is 9.72. The van der Waals surface area contributed by atoms with Gasteiger partial charge < -0.3 is 0 Å². The monoisotopic (exact) mass is 242 g/mol. The van der Waals surface area contributed by atoms with Gasteiger partial charge in [-0.25, -0.2) is 8.78 Å². The Kier molecular flexibility index (Phi) is 7.92. The molecule has 0 aliphatic heterocycles. The molecule has 0 amide bonds. The molecule has 0 heterocycles. The van der Waals surface area contributed by atoms with Crippen molar-refractivity contribution >= 4 is 16.9 Å². The van der Waals surface area contributed by atoms with Crippen molar-refractivity contribution in [2.75, 3.05) is 12.4 Å². The van der Waals surface area contributed by atoms with Crippen molar-refractivity contribution < 1.29 is 18.0 Å². The topological polar surface area (TPSA) is 17.1 Å². The second-order valence-corrected chi connectivity index (χ2v) is 4.48. The van der Waals surface area contributed by atoms with Gasteiger partial charge in [-0.1, -0.05) is 18.7 Å². The number of hydrogen-bond donors (Lipinski definition) is 0. The van der Waals surface area contributed by atoms with Gasteiger partial charge in [0, 0.05) is 25.0 Å². The van der Waals surface area contributed by atoms with E-state index in [-0.39, 0.29) is 18.0 Å². The molecule has 90 valence electrons. The van der Waals surface area contributed by atoms with E-state index in [1.54, 1.807) is 6.92 Å². The molecular formula is C10H17F3OS. The lowest BCUT2D eigenvalue weighted by molar-refractivity contribution is -0.110. The molecule has 0 aromatic carbocycles. The lowest BCUT2D eigenvalue weighted by Crippen LogP contribution is -2.16. The maximum atomic E-state index is 13.0. The third kappa shape index (κ3) is 8.78. The first-order valence-corrected chi connectivity index (χ1v) is 6.10. The van der Waals surface area contributed by atoms with Crippen molar-refractivity contribution in [1.29, 1.82) is 0 Å². The summed E-state index contributed by atoms with van der Waals surface area (Å²) in [6, 6.07) is 0. The highest BCUT2D eigenvalue weighted by molar-refractivity contribution is 8.13. The predicted molar refractivity (Wildman–Crippen MR) is 57.1 cm³/mol. The average molecular weight is 242 g/mol. The summed E-state index contributed by atoms with van der Waals surface area (Å²) < 4.78 is 37.6. The fraction of sp³-hybridized carbons (Fsp3) is 0.900. The van der Waals surface area contributed by atoms with Gasteiger partial charge in [0.1, 0.15) is 0 Å². The second kappa shape index (κ2) is 8.02. The van der Waals surface area contributed by atoms with E-state index in [9.17, 15) is 18.0 Å². The summed E-state index contributed by atoms with van der Waals surface area (Å²) in [6.45, 7) is 1.05. The van der Waals surface area contributed by atoms with Crippen LogP contribution in [0.2, 0.25) is 0 Å². The van der Waals surface area contributed by atoms with Gasteiger partial charge in [0.05, 0.1) is 6.67 Å². The van der Waals surface area contributed by atoms with Crippen molar-refractivity contribution in [2.45, 2.75) is 45.0 Å². The summed E-state index contributed by atoms with van der Waals surface area (Å²) in [5, 5.41) is 0.0297. The lowest BCUT2D eigenvalue weighted by atomic mass is 10.1. The highest BCUT2D eigenvalue weighted by atomic mass is 32.2. The first-order chi connectivity index (χ1) is 7.02. The molecule has 0 atom stereocenters. The smallest absolute Gasteiger partial charge is 0.248 e. The van der Waals surface area contributed by atoms with Crippen LogP contribution in [0.25, 0.3) is 0 Å². The Morgan fingerprint density at radius 3 is 2.40 bits per heavy atom. The first-order valence-electron chi connectivity index (χ1n) is 5.11. The van der Waals surface area contributed by atoms with Gasteiger partial charge in [-0.3, -0.25) is 9.18 Å². The van der Waals surface area contributed by atoms with Gasteiger partial charge >= 0.3 is 0 Å². The van der Waals surface area contributed by atoms with Crippen LogP contribution in [0.15, 0.2) is 0 Å². The van der Waals surface area contributed by atoms with Gasteiger partial charge in [-0.15, -0.1) is 0 Å². The zero-order valence-electron chi connectivity index (χ0n) is 8.90. The van der Waals surface area contributed by atoms with Crippen molar-refractivity contribution in [3.8, 4) is 0 Å². The number of alkyl halides is 3. The van der Waals surface area contributed by atoms with E-state index in [1.807, 2.05) is 0 Å². The molecule has 0 saturated carbocycles. The summed E-state index contributed by atoms with van der Waals surface area (Å²) in [4.78, 5) is 10.8. The molecule has 0 aliphatic carbocycles. The quantitative estimate of drug-likeness (QED) is 0.602. The van der Waals surface area contributed by atoms with Crippen LogP contribution in [0, 0.1) is 0 Å². The maximum Gasteiger partial charge on any atom is 0.248 e. The Hall–Kier alpha value is -0.190. The molecule has 0 N–H and O–H groups in total. The van der Waals surface area contributed by atoms with Gasteiger partial charge in [-0.2, -0.15) is 0 Å². The first kappa shape index (κ1) is 14.8. The zero-order chi connectivity index (χ0) is 11.7. The van der Waals surface area contributed by atoms with Crippen molar-refractivity contribution in [2.24, 2.45) is 0 Å². The highest BCUT2D eigenvalue weighted by Gasteiger charge is 2.27. The van der Waals surface area contributed by atoms with Crippen LogP contribution in [0.5, 0.6) is 0 Å². The Morgan fingerprint density at radius 2 is 1.87 bits per heavy atom. The number of carbonyl (C=O) groups excluding carboxylic acids is 1. The van der Waals surface area contributed by atoms with E-state index in [0.717, 1.165) is 11.8 Å². The lowest BCUT2D eigenvalue weighted by Gasteiger charge is -2.14. The Labute approximate surface area is 92.8 Å². The van der Waals surface area contributed by atoms with Gasteiger partial charge in [0.2, 0.25) is 5.92 Å². The SMILES string of the molecule is CCC(=O)SCCCC(F)(F)CCCF. The minimum Gasteiger partial charge on any atom is -0.287 e. The normalized spacial score (nSPS) is 11.7. The molecule has 0 aliphatic rings. The maximum absolute atomic E-state index is 13.0. The van der Waals surface area contributed by atoms with Crippen LogP contribution in [0.1, 0.15) is 39.0 Å². The summed E-state index contributed by atoms with van der Waals surface area (Å²) in [5.41, 5.74) is 0. The second-order valence-electron chi connectivity index (χ2n) is 3.33. The van der Waals surface area contributed by atoms with Crippen LogP contribution in [-0.4, -0.2) is 23.5 Å². The number of rotatable bonds is 8. The molecular weight excluding hydrogens is 225 g/mol. The molecule has 15 heavy (non-hydrogen) atoms. The summed E-state index contributed by atoms with van der Waals surface area (Å²) in [7, 11) is 0. The molecule has 0 radical (unpaired) electrons. The fourth-order valence-electron chi connectivity index (χ4n) is 1.07. The summed E-state index contributed by atoms with van der Waals surface area (Å²) >= 11 is 1.09. The van der Waals surface area contributed by atoms with Gasteiger partial charge in [0.25, 0.3) is 0 Å². The van der Waals surface area contributed by atoms with Crippen molar-refractivity contribution in [3.05, 3.63) is 0 Å².